The van der Waals surface area contributed by atoms with E-state index in [-0.39, 0.29) is 12.0 Å². The number of ether oxygens (including phenoxy) is 2. The summed E-state index contributed by atoms with van der Waals surface area (Å²) in [4.78, 5) is 11.9. The first-order valence-corrected chi connectivity index (χ1v) is 7.25. The van der Waals surface area contributed by atoms with E-state index < -0.39 is 11.5 Å². The van der Waals surface area contributed by atoms with Gasteiger partial charge in [0.2, 0.25) is 0 Å². The zero-order valence-corrected chi connectivity index (χ0v) is 12.8. The third kappa shape index (κ3) is 3.29. The van der Waals surface area contributed by atoms with E-state index in [0.29, 0.717) is 30.9 Å². The van der Waals surface area contributed by atoms with Crippen molar-refractivity contribution in [3.8, 4) is 5.75 Å². The third-order valence-corrected chi connectivity index (χ3v) is 4.04. The number of anilines is 1. The molecular weight excluding hydrogens is 270 g/mol. The molecule has 0 radical (unpaired) electrons. The normalized spacial score (nSPS) is 25.6. The number of aliphatic carboxylic acids is 1. The topological polar surface area (TPSA) is 67.8 Å². The molecule has 0 aliphatic carbocycles. The lowest BCUT2D eigenvalue weighted by Crippen LogP contribution is -2.54. The minimum Gasteiger partial charge on any atom is -0.495 e. The first-order valence-electron chi connectivity index (χ1n) is 7.25. The Morgan fingerprint density at radius 1 is 1.48 bits per heavy atom. The molecule has 1 aliphatic heterocycles. The van der Waals surface area contributed by atoms with E-state index in [9.17, 15) is 9.90 Å². The second-order valence-corrected chi connectivity index (χ2v) is 5.82. The standard InChI is InChI=1S/C16H23NO4/c1-11(2)14-10-16(15(18)19,8-9-21-14)17-12-6-4-5-7-13(12)20-3/h4-7,11,14,17H,8-10H2,1-3H3,(H,18,19). The predicted molar refractivity (Wildman–Crippen MR) is 80.8 cm³/mol. The van der Waals surface area contributed by atoms with Crippen molar-refractivity contribution in [3.63, 3.8) is 0 Å². The molecule has 2 unspecified atom stereocenters. The van der Waals surface area contributed by atoms with Gasteiger partial charge in [0.25, 0.3) is 0 Å². The fraction of sp³-hybridized carbons (Fsp3) is 0.562. The molecule has 0 aromatic heterocycles. The van der Waals surface area contributed by atoms with Crippen LogP contribution in [-0.2, 0) is 9.53 Å². The lowest BCUT2D eigenvalue weighted by molar-refractivity contribution is -0.149. The average molecular weight is 293 g/mol. The molecule has 2 rings (SSSR count). The largest absolute Gasteiger partial charge is 0.495 e. The van der Waals surface area contributed by atoms with Gasteiger partial charge in [0, 0.05) is 19.4 Å². The Kier molecular flexibility index (Phi) is 4.73. The van der Waals surface area contributed by atoms with Gasteiger partial charge in [-0.3, -0.25) is 0 Å². The molecule has 2 atom stereocenters. The maximum Gasteiger partial charge on any atom is 0.329 e. The van der Waals surface area contributed by atoms with Gasteiger partial charge in [0.05, 0.1) is 18.9 Å². The highest BCUT2D eigenvalue weighted by Crippen LogP contribution is 2.35. The summed E-state index contributed by atoms with van der Waals surface area (Å²) in [6.07, 6.45) is 0.818. The highest BCUT2D eigenvalue weighted by molar-refractivity contribution is 5.83. The molecule has 0 spiro atoms. The molecular formula is C16H23NO4. The minimum atomic E-state index is -1.01. The van der Waals surface area contributed by atoms with Gasteiger partial charge in [-0.1, -0.05) is 26.0 Å². The molecule has 2 N–H and O–H groups in total. The van der Waals surface area contributed by atoms with Crippen LogP contribution in [0.1, 0.15) is 26.7 Å². The van der Waals surface area contributed by atoms with Crippen molar-refractivity contribution in [2.45, 2.75) is 38.3 Å². The minimum absolute atomic E-state index is 0.0583. The number of carboxylic acid groups (broad SMARTS) is 1. The van der Waals surface area contributed by atoms with E-state index in [4.69, 9.17) is 9.47 Å². The highest BCUT2D eigenvalue weighted by Gasteiger charge is 2.44. The zero-order valence-electron chi connectivity index (χ0n) is 12.8. The fourth-order valence-corrected chi connectivity index (χ4v) is 2.68. The Hall–Kier alpha value is -1.75. The molecule has 1 aromatic carbocycles. The Morgan fingerprint density at radius 3 is 2.81 bits per heavy atom. The maximum atomic E-state index is 11.9. The van der Waals surface area contributed by atoms with Crippen LogP contribution >= 0.6 is 0 Å². The lowest BCUT2D eigenvalue weighted by atomic mass is 9.83. The summed E-state index contributed by atoms with van der Waals surface area (Å²) in [5.41, 5.74) is -0.311. The van der Waals surface area contributed by atoms with E-state index in [1.165, 1.54) is 0 Å². The quantitative estimate of drug-likeness (QED) is 0.873. The molecule has 1 aliphatic rings. The Labute approximate surface area is 125 Å². The number of hydrogen-bond acceptors (Lipinski definition) is 4. The zero-order chi connectivity index (χ0) is 15.5. The van der Waals surface area contributed by atoms with Crippen LogP contribution in [0.3, 0.4) is 0 Å². The number of carbonyl (C=O) groups is 1. The molecule has 0 amide bonds. The molecule has 1 aromatic rings. The summed E-state index contributed by atoms with van der Waals surface area (Å²) in [5.74, 6) is 0.0802. The van der Waals surface area contributed by atoms with Gasteiger partial charge in [-0.25, -0.2) is 4.79 Å². The van der Waals surface area contributed by atoms with Crippen molar-refractivity contribution < 1.29 is 19.4 Å². The molecule has 5 nitrogen and oxygen atoms in total. The van der Waals surface area contributed by atoms with E-state index in [1.54, 1.807) is 7.11 Å². The van der Waals surface area contributed by atoms with Gasteiger partial charge in [0.1, 0.15) is 11.3 Å². The number of rotatable bonds is 5. The summed E-state index contributed by atoms with van der Waals surface area (Å²) in [6, 6.07) is 7.37. The van der Waals surface area contributed by atoms with E-state index >= 15 is 0 Å². The van der Waals surface area contributed by atoms with Gasteiger partial charge in [-0.15, -0.1) is 0 Å². The van der Waals surface area contributed by atoms with Crippen LogP contribution < -0.4 is 10.1 Å². The van der Waals surface area contributed by atoms with Crippen molar-refractivity contribution in [1.82, 2.24) is 0 Å². The predicted octanol–water partition coefficient (Wildman–Crippen LogP) is 2.77. The number of methoxy groups -OCH3 is 1. The summed E-state index contributed by atoms with van der Waals surface area (Å²) in [7, 11) is 1.58. The first-order chi connectivity index (χ1) is 9.98. The van der Waals surface area contributed by atoms with Crippen molar-refractivity contribution in [3.05, 3.63) is 24.3 Å². The summed E-state index contributed by atoms with van der Waals surface area (Å²) >= 11 is 0. The van der Waals surface area contributed by atoms with Gasteiger partial charge < -0.3 is 19.9 Å². The van der Waals surface area contributed by atoms with Gasteiger partial charge in [0.15, 0.2) is 0 Å². The number of hydrogen-bond donors (Lipinski definition) is 2. The smallest absolute Gasteiger partial charge is 0.329 e. The Balaban J connectivity index is 2.28. The molecule has 5 heteroatoms. The molecule has 116 valence electrons. The molecule has 0 saturated carbocycles. The second kappa shape index (κ2) is 6.35. The Morgan fingerprint density at radius 2 is 2.19 bits per heavy atom. The maximum absolute atomic E-state index is 11.9. The molecule has 21 heavy (non-hydrogen) atoms. The fourth-order valence-electron chi connectivity index (χ4n) is 2.68. The summed E-state index contributed by atoms with van der Waals surface area (Å²) in [6.45, 7) is 4.54. The average Bonchev–Trinajstić information content (AvgIpc) is 2.48. The van der Waals surface area contributed by atoms with Crippen LogP contribution in [0.2, 0.25) is 0 Å². The Bertz CT molecular complexity index is 503. The monoisotopic (exact) mass is 293 g/mol. The summed E-state index contributed by atoms with van der Waals surface area (Å²) < 4.78 is 11.0. The van der Waals surface area contributed by atoms with Crippen LogP contribution in [0.25, 0.3) is 0 Å². The van der Waals surface area contributed by atoms with Crippen molar-refractivity contribution >= 4 is 11.7 Å². The number of nitrogens with one attached hydrogen (secondary N) is 1. The molecule has 1 saturated heterocycles. The third-order valence-electron chi connectivity index (χ3n) is 4.04. The van der Waals surface area contributed by atoms with Crippen LogP contribution in [-0.4, -0.2) is 36.4 Å². The molecule has 1 fully saturated rings. The van der Waals surface area contributed by atoms with E-state index in [0.717, 1.165) is 0 Å². The first kappa shape index (κ1) is 15.6. The van der Waals surface area contributed by atoms with Crippen molar-refractivity contribution in [1.29, 1.82) is 0 Å². The van der Waals surface area contributed by atoms with E-state index in [2.05, 4.69) is 5.32 Å². The lowest BCUT2D eigenvalue weighted by Gasteiger charge is -2.40. The summed E-state index contributed by atoms with van der Waals surface area (Å²) in [5, 5.41) is 12.9. The van der Waals surface area contributed by atoms with Gasteiger partial charge in [-0.05, 0) is 18.1 Å². The van der Waals surface area contributed by atoms with Crippen LogP contribution in [0.5, 0.6) is 5.75 Å². The van der Waals surface area contributed by atoms with E-state index in [1.807, 2.05) is 38.1 Å². The number of para-hydroxylation sites is 2. The van der Waals surface area contributed by atoms with Crippen LogP contribution in [0.15, 0.2) is 24.3 Å². The number of carboxylic acids is 1. The van der Waals surface area contributed by atoms with Crippen LogP contribution in [0, 0.1) is 5.92 Å². The number of benzene rings is 1. The van der Waals surface area contributed by atoms with Crippen molar-refractivity contribution in [2.24, 2.45) is 5.92 Å². The van der Waals surface area contributed by atoms with Gasteiger partial charge in [-0.2, -0.15) is 0 Å². The SMILES string of the molecule is COc1ccccc1NC1(C(=O)O)CCOC(C(C)C)C1. The second-order valence-electron chi connectivity index (χ2n) is 5.82. The molecule has 1 heterocycles. The molecule has 0 bridgehead atoms. The highest BCUT2D eigenvalue weighted by atomic mass is 16.5. The van der Waals surface area contributed by atoms with Gasteiger partial charge >= 0.3 is 5.97 Å². The van der Waals surface area contributed by atoms with Crippen LogP contribution in [0.4, 0.5) is 5.69 Å². The van der Waals surface area contributed by atoms with Crippen molar-refractivity contribution in [2.75, 3.05) is 19.0 Å².